The first kappa shape index (κ1) is 11.5. The van der Waals surface area contributed by atoms with Crippen LogP contribution in [-0.4, -0.2) is 9.97 Å². The first-order valence-corrected chi connectivity index (χ1v) is 6.77. The highest BCUT2D eigenvalue weighted by molar-refractivity contribution is 5.75. The zero-order chi connectivity index (χ0) is 12.5. The van der Waals surface area contributed by atoms with Crippen LogP contribution in [-0.2, 0) is 12.8 Å². The molecule has 0 saturated heterocycles. The average molecular weight is 242 g/mol. The fraction of sp³-hybridized carbons (Fsp3) is 0.467. The van der Waals surface area contributed by atoms with Gasteiger partial charge in [0.25, 0.3) is 0 Å². The monoisotopic (exact) mass is 242 g/mol. The molecular weight excluding hydrogens is 224 g/mol. The molecule has 0 aliphatic heterocycles. The van der Waals surface area contributed by atoms with Gasteiger partial charge in [-0.05, 0) is 44.7 Å². The van der Waals surface area contributed by atoms with Crippen molar-refractivity contribution in [2.75, 3.05) is 0 Å². The van der Waals surface area contributed by atoms with Crippen molar-refractivity contribution in [1.82, 2.24) is 9.97 Å². The van der Waals surface area contributed by atoms with Gasteiger partial charge < -0.3 is 4.98 Å². The summed E-state index contributed by atoms with van der Waals surface area (Å²) in [5.41, 5.74) is 3.99. The maximum Gasteiger partial charge on any atom is 0.194 e. The van der Waals surface area contributed by atoms with E-state index < -0.39 is 0 Å². The van der Waals surface area contributed by atoms with Crippen LogP contribution in [0.25, 0.3) is 11.0 Å². The lowest BCUT2D eigenvalue weighted by Crippen LogP contribution is -2.17. The standard InChI is InChI=1S/C15H18N2O/c1-10-8-9-12-14(18)11-6-4-2-3-5-7-13(11)17-15(12)16-10/h8-9H,2-7H2,1H3,(H,16,17,18). The van der Waals surface area contributed by atoms with Crippen molar-refractivity contribution in [2.24, 2.45) is 0 Å². The normalized spacial score (nSPS) is 16.1. The molecule has 0 fully saturated rings. The van der Waals surface area contributed by atoms with Crippen molar-refractivity contribution >= 4 is 11.0 Å². The molecule has 3 nitrogen and oxygen atoms in total. The Kier molecular flexibility index (Phi) is 2.90. The van der Waals surface area contributed by atoms with Crippen LogP contribution < -0.4 is 5.43 Å². The van der Waals surface area contributed by atoms with Crippen molar-refractivity contribution in [3.63, 3.8) is 0 Å². The summed E-state index contributed by atoms with van der Waals surface area (Å²) in [5.74, 6) is 0. The van der Waals surface area contributed by atoms with Gasteiger partial charge in [-0.3, -0.25) is 4.79 Å². The van der Waals surface area contributed by atoms with Gasteiger partial charge >= 0.3 is 0 Å². The van der Waals surface area contributed by atoms with Crippen molar-refractivity contribution in [3.05, 3.63) is 39.3 Å². The van der Waals surface area contributed by atoms with E-state index in [0.29, 0.717) is 0 Å². The molecule has 1 aliphatic rings. The SMILES string of the molecule is Cc1ccc2c(=O)c3c([nH]c2n1)CCCCCC3. The highest BCUT2D eigenvalue weighted by Gasteiger charge is 2.14. The summed E-state index contributed by atoms with van der Waals surface area (Å²) >= 11 is 0. The molecule has 0 unspecified atom stereocenters. The number of hydrogen-bond donors (Lipinski definition) is 1. The summed E-state index contributed by atoms with van der Waals surface area (Å²) < 4.78 is 0. The lowest BCUT2D eigenvalue weighted by molar-refractivity contribution is 0.608. The lowest BCUT2D eigenvalue weighted by Gasteiger charge is -2.14. The van der Waals surface area contributed by atoms with Crippen LogP contribution in [0.3, 0.4) is 0 Å². The van der Waals surface area contributed by atoms with E-state index in [-0.39, 0.29) is 5.43 Å². The topological polar surface area (TPSA) is 45.8 Å². The van der Waals surface area contributed by atoms with E-state index >= 15 is 0 Å². The maximum atomic E-state index is 12.5. The smallest absolute Gasteiger partial charge is 0.194 e. The fourth-order valence-corrected chi connectivity index (χ4v) is 2.79. The number of aromatic nitrogens is 2. The summed E-state index contributed by atoms with van der Waals surface area (Å²) in [6.07, 6.45) is 6.69. The number of nitrogens with zero attached hydrogens (tertiary/aromatic N) is 1. The molecule has 0 atom stereocenters. The first-order valence-electron chi connectivity index (χ1n) is 6.77. The van der Waals surface area contributed by atoms with Crippen LogP contribution in [0, 0.1) is 6.92 Å². The Balaban J connectivity index is 2.26. The molecule has 0 saturated carbocycles. The quantitative estimate of drug-likeness (QED) is 0.772. The third-order valence-corrected chi connectivity index (χ3v) is 3.79. The van der Waals surface area contributed by atoms with Gasteiger partial charge in [0.05, 0.1) is 5.39 Å². The number of H-pyrrole nitrogens is 1. The number of aryl methyl sites for hydroxylation is 2. The number of pyridine rings is 2. The fourth-order valence-electron chi connectivity index (χ4n) is 2.79. The number of rotatable bonds is 0. The van der Waals surface area contributed by atoms with Gasteiger partial charge in [-0.15, -0.1) is 0 Å². The number of nitrogens with one attached hydrogen (secondary N) is 1. The minimum absolute atomic E-state index is 0.188. The highest BCUT2D eigenvalue weighted by atomic mass is 16.1. The lowest BCUT2D eigenvalue weighted by atomic mass is 9.96. The Morgan fingerprint density at radius 1 is 1.11 bits per heavy atom. The van der Waals surface area contributed by atoms with Crippen LogP contribution in [0.2, 0.25) is 0 Å². The maximum absolute atomic E-state index is 12.5. The highest BCUT2D eigenvalue weighted by Crippen LogP contribution is 2.18. The van der Waals surface area contributed by atoms with Gasteiger partial charge in [0.2, 0.25) is 0 Å². The van der Waals surface area contributed by atoms with E-state index in [9.17, 15) is 4.79 Å². The summed E-state index contributed by atoms with van der Waals surface area (Å²) in [4.78, 5) is 20.3. The molecule has 0 amide bonds. The van der Waals surface area contributed by atoms with Gasteiger partial charge in [0.1, 0.15) is 5.65 Å². The van der Waals surface area contributed by atoms with Crippen molar-refractivity contribution in [3.8, 4) is 0 Å². The second-order valence-corrected chi connectivity index (χ2v) is 5.17. The van der Waals surface area contributed by atoms with Crippen molar-refractivity contribution in [1.29, 1.82) is 0 Å². The zero-order valence-electron chi connectivity index (χ0n) is 10.8. The molecule has 18 heavy (non-hydrogen) atoms. The number of aromatic amines is 1. The molecule has 2 aromatic rings. The van der Waals surface area contributed by atoms with Crippen LogP contribution >= 0.6 is 0 Å². The third-order valence-electron chi connectivity index (χ3n) is 3.79. The first-order chi connectivity index (χ1) is 8.75. The average Bonchev–Trinajstić information content (AvgIpc) is 2.31. The second kappa shape index (κ2) is 4.56. The van der Waals surface area contributed by atoms with Crippen molar-refractivity contribution in [2.45, 2.75) is 45.4 Å². The molecule has 94 valence electrons. The minimum Gasteiger partial charge on any atom is -0.343 e. The predicted molar refractivity (Wildman–Crippen MR) is 73.0 cm³/mol. The third kappa shape index (κ3) is 1.94. The molecule has 3 rings (SSSR count). The van der Waals surface area contributed by atoms with Gasteiger partial charge in [0.15, 0.2) is 5.43 Å². The van der Waals surface area contributed by atoms with Gasteiger partial charge in [-0.1, -0.05) is 12.8 Å². The largest absolute Gasteiger partial charge is 0.343 e. The molecule has 2 heterocycles. The Bertz CT molecular complexity index is 643. The van der Waals surface area contributed by atoms with E-state index in [1.54, 1.807) is 0 Å². The van der Waals surface area contributed by atoms with E-state index in [2.05, 4.69) is 9.97 Å². The molecule has 3 heteroatoms. The summed E-state index contributed by atoms with van der Waals surface area (Å²) in [6.45, 7) is 1.95. The molecule has 1 aliphatic carbocycles. The van der Waals surface area contributed by atoms with E-state index in [1.165, 1.54) is 19.3 Å². The zero-order valence-corrected chi connectivity index (χ0v) is 10.8. The van der Waals surface area contributed by atoms with Gasteiger partial charge in [-0.2, -0.15) is 0 Å². The van der Waals surface area contributed by atoms with Gasteiger partial charge in [0, 0.05) is 17.0 Å². The molecule has 0 aromatic carbocycles. The summed E-state index contributed by atoms with van der Waals surface area (Å²) in [7, 11) is 0. The van der Waals surface area contributed by atoms with E-state index in [4.69, 9.17) is 0 Å². The second-order valence-electron chi connectivity index (χ2n) is 5.17. The van der Waals surface area contributed by atoms with Crippen LogP contribution in [0.15, 0.2) is 16.9 Å². The Morgan fingerprint density at radius 2 is 1.89 bits per heavy atom. The molecule has 0 spiro atoms. The molecule has 0 bridgehead atoms. The molecule has 2 aromatic heterocycles. The van der Waals surface area contributed by atoms with E-state index in [1.807, 2.05) is 19.1 Å². The van der Waals surface area contributed by atoms with Gasteiger partial charge in [-0.25, -0.2) is 4.98 Å². The van der Waals surface area contributed by atoms with Crippen molar-refractivity contribution < 1.29 is 0 Å². The van der Waals surface area contributed by atoms with Crippen LogP contribution in [0.1, 0.15) is 42.6 Å². The number of fused-ring (bicyclic) bond motifs is 2. The Labute approximate surface area is 106 Å². The summed E-state index contributed by atoms with van der Waals surface area (Å²) in [5, 5.41) is 0.736. The minimum atomic E-state index is 0.188. The van der Waals surface area contributed by atoms with Crippen LogP contribution in [0.5, 0.6) is 0 Å². The van der Waals surface area contributed by atoms with E-state index in [0.717, 1.165) is 47.2 Å². The van der Waals surface area contributed by atoms with Crippen LogP contribution in [0.4, 0.5) is 0 Å². The molecular formula is C15H18N2O. The summed E-state index contributed by atoms with van der Waals surface area (Å²) in [6, 6.07) is 3.81. The Hall–Kier alpha value is -1.64. The Morgan fingerprint density at radius 3 is 2.72 bits per heavy atom. The predicted octanol–water partition coefficient (Wildman–Crippen LogP) is 2.89. The molecule has 0 radical (unpaired) electrons. The molecule has 1 N–H and O–H groups in total. The number of hydrogen-bond acceptors (Lipinski definition) is 2.